The molecule has 5 heteroatoms. The summed E-state index contributed by atoms with van der Waals surface area (Å²) in [4.78, 5) is 6.91. The lowest BCUT2D eigenvalue weighted by Crippen LogP contribution is -2.07. The first-order valence-electron chi connectivity index (χ1n) is 3.76. The summed E-state index contributed by atoms with van der Waals surface area (Å²) in [6.07, 6.45) is 3.41. The van der Waals surface area contributed by atoms with Gasteiger partial charge in [0.1, 0.15) is 5.15 Å². The molecule has 0 aliphatic carbocycles. The number of aliphatic hydroxyl groups is 1. The van der Waals surface area contributed by atoms with Gasteiger partial charge in [0.15, 0.2) is 5.13 Å². The standard InChI is InChI=1S/C8H11ClN2OS/c1-11(2)8-10-7(9)6(13-8)4-3-5-12/h3-4,12H,5H2,1-2H3. The molecule has 0 radical (unpaired) electrons. The summed E-state index contributed by atoms with van der Waals surface area (Å²) in [6, 6.07) is 0. The molecule has 0 aliphatic heterocycles. The number of hydrogen-bond acceptors (Lipinski definition) is 4. The third-order valence-electron chi connectivity index (χ3n) is 1.36. The molecule has 0 fully saturated rings. The van der Waals surface area contributed by atoms with Crippen molar-refractivity contribution in [1.82, 2.24) is 4.98 Å². The normalized spacial score (nSPS) is 11.1. The fourth-order valence-corrected chi connectivity index (χ4v) is 1.88. The van der Waals surface area contributed by atoms with Crippen molar-refractivity contribution in [1.29, 1.82) is 0 Å². The lowest BCUT2D eigenvalue weighted by Gasteiger charge is -2.04. The summed E-state index contributed by atoms with van der Waals surface area (Å²) < 4.78 is 0. The fourth-order valence-electron chi connectivity index (χ4n) is 0.756. The first kappa shape index (κ1) is 10.5. The molecule has 0 saturated heterocycles. The smallest absolute Gasteiger partial charge is 0.186 e. The topological polar surface area (TPSA) is 36.4 Å². The van der Waals surface area contributed by atoms with Gasteiger partial charge in [-0.1, -0.05) is 29.0 Å². The number of aromatic nitrogens is 1. The van der Waals surface area contributed by atoms with Gasteiger partial charge < -0.3 is 10.0 Å². The summed E-state index contributed by atoms with van der Waals surface area (Å²) in [5.41, 5.74) is 0. The number of aliphatic hydroxyl groups excluding tert-OH is 1. The molecule has 0 aliphatic rings. The van der Waals surface area contributed by atoms with Gasteiger partial charge in [0, 0.05) is 14.1 Å². The molecule has 1 aromatic rings. The van der Waals surface area contributed by atoms with Crippen LogP contribution in [0.25, 0.3) is 6.08 Å². The molecule has 1 heterocycles. The van der Waals surface area contributed by atoms with E-state index in [0.717, 1.165) is 10.0 Å². The van der Waals surface area contributed by atoms with Crippen LogP contribution in [0.2, 0.25) is 5.15 Å². The maximum Gasteiger partial charge on any atom is 0.186 e. The van der Waals surface area contributed by atoms with E-state index in [4.69, 9.17) is 16.7 Å². The molecule has 1 aromatic heterocycles. The van der Waals surface area contributed by atoms with Gasteiger partial charge in [0.05, 0.1) is 11.5 Å². The molecule has 0 saturated carbocycles. The highest BCUT2D eigenvalue weighted by Crippen LogP contribution is 2.29. The van der Waals surface area contributed by atoms with Crippen molar-refractivity contribution in [2.24, 2.45) is 0 Å². The third-order valence-corrected chi connectivity index (χ3v) is 2.94. The maximum absolute atomic E-state index is 8.58. The minimum Gasteiger partial charge on any atom is -0.392 e. The van der Waals surface area contributed by atoms with Crippen molar-refractivity contribution in [3.63, 3.8) is 0 Å². The Balaban J connectivity index is 2.90. The molecule has 13 heavy (non-hydrogen) atoms. The van der Waals surface area contributed by atoms with Gasteiger partial charge >= 0.3 is 0 Å². The summed E-state index contributed by atoms with van der Waals surface area (Å²) in [5.74, 6) is 0. The molecule has 1 N–H and O–H groups in total. The van der Waals surface area contributed by atoms with Gasteiger partial charge in [-0.15, -0.1) is 0 Å². The van der Waals surface area contributed by atoms with E-state index >= 15 is 0 Å². The molecular weight excluding hydrogens is 208 g/mol. The Kier molecular flexibility index (Phi) is 3.71. The molecular formula is C8H11ClN2OS. The second-order valence-corrected chi connectivity index (χ2v) is 4.00. The average Bonchev–Trinajstić information content (AvgIpc) is 2.44. The Morgan fingerprint density at radius 3 is 2.77 bits per heavy atom. The van der Waals surface area contributed by atoms with Crippen molar-refractivity contribution < 1.29 is 5.11 Å². The van der Waals surface area contributed by atoms with Crippen LogP contribution in [0.5, 0.6) is 0 Å². The summed E-state index contributed by atoms with van der Waals surface area (Å²) in [5, 5.41) is 9.93. The van der Waals surface area contributed by atoms with Crippen molar-refractivity contribution in [2.45, 2.75) is 0 Å². The lowest BCUT2D eigenvalue weighted by molar-refractivity contribution is 0.343. The zero-order chi connectivity index (χ0) is 9.84. The Morgan fingerprint density at radius 1 is 1.62 bits per heavy atom. The Labute approximate surface area is 86.3 Å². The second-order valence-electron chi connectivity index (χ2n) is 2.63. The quantitative estimate of drug-likeness (QED) is 0.842. The van der Waals surface area contributed by atoms with Crippen molar-refractivity contribution in [2.75, 3.05) is 25.6 Å². The summed E-state index contributed by atoms with van der Waals surface area (Å²) in [6.45, 7) is 0.0194. The van der Waals surface area contributed by atoms with E-state index in [1.807, 2.05) is 19.0 Å². The minimum atomic E-state index is 0.0194. The van der Waals surface area contributed by atoms with E-state index in [9.17, 15) is 0 Å². The highest BCUT2D eigenvalue weighted by Gasteiger charge is 2.07. The SMILES string of the molecule is CN(C)c1nc(Cl)c(C=CCO)s1. The molecule has 72 valence electrons. The largest absolute Gasteiger partial charge is 0.392 e. The fraction of sp³-hybridized carbons (Fsp3) is 0.375. The molecule has 0 unspecified atom stereocenters. The molecule has 1 rings (SSSR count). The molecule has 0 bridgehead atoms. The molecule has 0 spiro atoms. The van der Waals surface area contributed by atoms with Crippen LogP contribution in [0.15, 0.2) is 6.08 Å². The molecule has 0 atom stereocenters. The predicted octanol–water partition coefficient (Wildman–Crippen LogP) is 1.87. The van der Waals surface area contributed by atoms with E-state index in [1.54, 1.807) is 12.2 Å². The lowest BCUT2D eigenvalue weighted by atomic mass is 10.4. The second kappa shape index (κ2) is 4.60. The van der Waals surface area contributed by atoms with Gasteiger partial charge in [-0.3, -0.25) is 0 Å². The van der Waals surface area contributed by atoms with Gasteiger partial charge in [0.2, 0.25) is 0 Å². The van der Waals surface area contributed by atoms with Gasteiger partial charge in [-0.25, -0.2) is 4.98 Å². The van der Waals surface area contributed by atoms with Crippen LogP contribution in [-0.2, 0) is 0 Å². The van der Waals surface area contributed by atoms with Crippen LogP contribution >= 0.6 is 22.9 Å². The van der Waals surface area contributed by atoms with Gasteiger partial charge in [0.25, 0.3) is 0 Å². The number of thiazole rings is 1. The number of rotatable bonds is 3. The Morgan fingerprint density at radius 2 is 2.31 bits per heavy atom. The first-order valence-corrected chi connectivity index (χ1v) is 4.95. The summed E-state index contributed by atoms with van der Waals surface area (Å²) in [7, 11) is 3.82. The number of hydrogen-bond donors (Lipinski definition) is 1. The highest BCUT2D eigenvalue weighted by molar-refractivity contribution is 7.17. The Bertz CT molecular complexity index is 309. The number of nitrogens with zero attached hydrogens (tertiary/aromatic N) is 2. The first-order chi connectivity index (χ1) is 6.15. The van der Waals surface area contributed by atoms with E-state index < -0.39 is 0 Å². The van der Waals surface area contributed by atoms with Crippen LogP contribution < -0.4 is 4.90 Å². The Hall–Kier alpha value is -0.580. The molecule has 3 nitrogen and oxygen atoms in total. The van der Waals surface area contributed by atoms with E-state index in [-0.39, 0.29) is 6.61 Å². The van der Waals surface area contributed by atoms with Crippen LogP contribution in [0.1, 0.15) is 4.88 Å². The molecule has 0 amide bonds. The van der Waals surface area contributed by atoms with Crippen LogP contribution in [-0.4, -0.2) is 30.8 Å². The monoisotopic (exact) mass is 218 g/mol. The third kappa shape index (κ3) is 2.69. The number of anilines is 1. The van der Waals surface area contributed by atoms with Crippen molar-refractivity contribution in [3.8, 4) is 0 Å². The zero-order valence-electron chi connectivity index (χ0n) is 7.49. The van der Waals surface area contributed by atoms with Crippen LogP contribution in [0.4, 0.5) is 5.13 Å². The summed E-state index contributed by atoms with van der Waals surface area (Å²) >= 11 is 7.36. The average molecular weight is 219 g/mol. The molecule has 0 aromatic carbocycles. The highest BCUT2D eigenvalue weighted by atomic mass is 35.5. The van der Waals surface area contributed by atoms with Crippen LogP contribution in [0, 0.1) is 0 Å². The van der Waals surface area contributed by atoms with Gasteiger partial charge in [-0.2, -0.15) is 0 Å². The van der Waals surface area contributed by atoms with Crippen LogP contribution in [0.3, 0.4) is 0 Å². The zero-order valence-corrected chi connectivity index (χ0v) is 9.06. The van der Waals surface area contributed by atoms with Gasteiger partial charge in [-0.05, 0) is 6.08 Å². The van der Waals surface area contributed by atoms with E-state index in [1.165, 1.54) is 11.3 Å². The van der Waals surface area contributed by atoms with E-state index in [0.29, 0.717) is 5.15 Å². The predicted molar refractivity (Wildman–Crippen MR) is 57.6 cm³/mol. The van der Waals surface area contributed by atoms with E-state index in [2.05, 4.69) is 4.98 Å². The minimum absolute atomic E-state index is 0.0194. The van der Waals surface area contributed by atoms with Crippen molar-refractivity contribution in [3.05, 3.63) is 16.1 Å². The maximum atomic E-state index is 8.58. The number of halogens is 1. The van der Waals surface area contributed by atoms with Crippen molar-refractivity contribution >= 4 is 34.1 Å².